The normalized spacial score (nSPS) is 25.8. The van der Waals surface area contributed by atoms with E-state index in [1.54, 1.807) is 0 Å². The van der Waals surface area contributed by atoms with E-state index < -0.39 is 0 Å². The van der Waals surface area contributed by atoms with Crippen molar-refractivity contribution in [1.82, 2.24) is 4.90 Å². The number of carbonyl (C=O) groups is 1. The Labute approximate surface area is 109 Å². The van der Waals surface area contributed by atoms with Crippen molar-refractivity contribution in [3.05, 3.63) is 20.8 Å². The van der Waals surface area contributed by atoms with E-state index in [-0.39, 0.29) is 5.91 Å². The van der Waals surface area contributed by atoms with Crippen LogP contribution in [0.25, 0.3) is 0 Å². The van der Waals surface area contributed by atoms with Gasteiger partial charge in [0.2, 0.25) is 0 Å². The second kappa shape index (κ2) is 4.88. The topological polar surface area (TPSA) is 20.3 Å². The highest BCUT2D eigenvalue weighted by Gasteiger charge is 2.30. The molecule has 1 aliphatic rings. The van der Waals surface area contributed by atoms with Crippen molar-refractivity contribution in [1.29, 1.82) is 0 Å². The van der Waals surface area contributed by atoms with E-state index in [2.05, 4.69) is 29.8 Å². The third kappa shape index (κ3) is 2.18. The van der Waals surface area contributed by atoms with E-state index in [1.807, 2.05) is 16.3 Å². The van der Waals surface area contributed by atoms with Gasteiger partial charge in [-0.25, -0.2) is 0 Å². The van der Waals surface area contributed by atoms with E-state index in [4.69, 9.17) is 0 Å². The maximum Gasteiger partial charge on any atom is 0.265 e. The molecule has 1 aliphatic heterocycles. The zero-order valence-electron chi connectivity index (χ0n) is 9.57. The quantitative estimate of drug-likeness (QED) is 0.773. The number of carbonyl (C=O) groups excluding carboxylic acids is 1. The summed E-state index contributed by atoms with van der Waals surface area (Å²) in [6, 6.07) is 2.30. The average Bonchev–Trinajstić information content (AvgIpc) is 2.68. The largest absolute Gasteiger partial charge is 0.335 e. The molecule has 2 heterocycles. The summed E-state index contributed by atoms with van der Waals surface area (Å²) in [5, 5.41) is 1.95. The maximum absolute atomic E-state index is 12.3. The minimum atomic E-state index is 0.181. The summed E-state index contributed by atoms with van der Waals surface area (Å²) in [7, 11) is 0. The molecule has 2 atom stereocenters. The van der Waals surface area contributed by atoms with Crippen molar-refractivity contribution in [2.45, 2.75) is 32.7 Å². The highest BCUT2D eigenvalue weighted by atomic mass is 79.9. The van der Waals surface area contributed by atoms with Gasteiger partial charge in [-0.15, -0.1) is 11.3 Å². The lowest BCUT2D eigenvalue weighted by molar-refractivity contribution is 0.0555. The fourth-order valence-electron chi connectivity index (χ4n) is 2.20. The van der Waals surface area contributed by atoms with Gasteiger partial charge >= 0.3 is 0 Å². The van der Waals surface area contributed by atoms with Crippen LogP contribution in [-0.4, -0.2) is 23.4 Å². The van der Waals surface area contributed by atoms with E-state index in [0.29, 0.717) is 12.0 Å². The van der Waals surface area contributed by atoms with Crippen molar-refractivity contribution < 1.29 is 4.79 Å². The number of rotatable bonds is 1. The van der Waals surface area contributed by atoms with Crippen LogP contribution in [0, 0.1) is 5.92 Å². The highest BCUT2D eigenvalue weighted by Crippen LogP contribution is 2.29. The lowest BCUT2D eigenvalue weighted by Crippen LogP contribution is -2.45. The number of piperidine rings is 1. The molecule has 4 heteroatoms. The first-order valence-electron chi connectivity index (χ1n) is 5.65. The molecule has 0 aromatic carbocycles. The van der Waals surface area contributed by atoms with Crippen molar-refractivity contribution in [3.8, 4) is 0 Å². The summed E-state index contributed by atoms with van der Waals surface area (Å²) in [6.07, 6.45) is 2.36. The van der Waals surface area contributed by atoms with Crippen molar-refractivity contribution in [3.63, 3.8) is 0 Å². The molecule has 0 N–H and O–H groups in total. The average molecular weight is 302 g/mol. The van der Waals surface area contributed by atoms with E-state index in [1.165, 1.54) is 17.8 Å². The maximum atomic E-state index is 12.3. The number of nitrogens with zero attached hydrogens (tertiary/aromatic N) is 1. The van der Waals surface area contributed by atoms with Crippen molar-refractivity contribution in [2.24, 2.45) is 5.92 Å². The summed E-state index contributed by atoms with van der Waals surface area (Å²) in [5.41, 5.74) is 0. The van der Waals surface area contributed by atoms with Crippen LogP contribution in [-0.2, 0) is 0 Å². The third-order valence-electron chi connectivity index (χ3n) is 3.45. The van der Waals surface area contributed by atoms with Gasteiger partial charge in [0.15, 0.2) is 0 Å². The van der Waals surface area contributed by atoms with Gasteiger partial charge < -0.3 is 4.90 Å². The highest BCUT2D eigenvalue weighted by molar-refractivity contribution is 9.10. The Morgan fingerprint density at radius 2 is 2.31 bits per heavy atom. The molecule has 0 radical (unpaired) electrons. The zero-order chi connectivity index (χ0) is 11.7. The monoisotopic (exact) mass is 301 g/mol. The van der Waals surface area contributed by atoms with Gasteiger partial charge in [-0.1, -0.05) is 6.92 Å². The SMILES string of the molecule is CC1CCCN(C(=O)c2sccc2Br)C1C. The molecule has 1 saturated heterocycles. The van der Waals surface area contributed by atoms with Gasteiger partial charge in [0.25, 0.3) is 5.91 Å². The lowest BCUT2D eigenvalue weighted by Gasteiger charge is -2.37. The summed E-state index contributed by atoms with van der Waals surface area (Å²) >= 11 is 4.95. The van der Waals surface area contributed by atoms with Crippen LogP contribution < -0.4 is 0 Å². The molecule has 88 valence electrons. The number of thiophene rings is 1. The molecule has 1 aromatic rings. The van der Waals surface area contributed by atoms with E-state index >= 15 is 0 Å². The Hall–Kier alpha value is -0.350. The molecule has 1 aromatic heterocycles. The van der Waals surface area contributed by atoms with Crippen molar-refractivity contribution in [2.75, 3.05) is 6.54 Å². The van der Waals surface area contributed by atoms with Crippen molar-refractivity contribution >= 4 is 33.2 Å². The summed E-state index contributed by atoms with van der Waals surface area (Å²) in [6.45, 7) is 5.28. The lowest BCUT2D eigenvalue weighted by atomic mass is 9.92. The first-order chi connectivity index (χ1) is 7.61. The Bertz CT molecular complexity index is 390. The second-order valence-electron chi connectivity index (χ2n) is 4.46. The molecule has 2 rings (SSSR count). The Morgan fingerprint density at radius 1 is 1.56 bits per heavy atom. The fourth-order valence-corrected chi connectivity index (χ4v) is 3.69. The number of halogens is 1. The molecule has 0 aliphatic carbocycles. The van der Waals surface area contributed by atoms with E-state index in [9.17, 15) is 4.79 Å². The van der Waals surface area contributed by atoms with Crippen LogP contribution in [0.15, 0.2) is 15.9 Å². The first-order valence-corrected chi connectivity index (χ1v) is 7.32. The molecule has 16 heavy (non-hydrogen) atoms. The molecule has 1 amide bonds. The van der Waals surface area contributed by atoms with Crippen LogP contribution in [0.4, 0.5) is 0 Å². The van der Waals surface area contributed by atoms with Gasteiger partial charge in [-0.2, -0.15) is 0 Å². The molecule has 0 spiro atoms. The molecule has 2 unspecified atom stereocenters. The fraction of sp³-hybridized carbons (Fsp3) is 0.583. The van der Waals surface area contributed by atoms with Crippen LogP contribution in [0.2, 0.25) is 0 Å². The van der Waals surface area contributed by atoms with E-state index in [0.717, 1.165) is 22.3 Å². The molecule has 0 saturated carbocycles. The standard InChI is InChI=1S/C12H16BrNOS/c1-8-4-3-6-14(9(8)2)12(15)11-10(13)5-7-16-11/h5,7-9H,3-4,6H2,1-2H3. The number of hydrogen-bond donors (Lipinski definition) is 0. The first kappa shape index (κ1) is 12.1. The van der Waals surface area contributed by atoms with Gasteiger partial charge in [0.1, 0.15) is 4.88 Å². The van der Waals surface area contributed by atoms with Gasteiger partial charge in [0, 0.05) is 17.1 Å². The van der Waals surface area contributed by atoms with Crippen LogP contribution in [0.1, 0.15) is 36.4 Å². The Kier molecular flexibility index (Phi) is 3.70. The second-order valence-corrected chi connectivity index (χ2v) is 6.23. The molecule has 2 nitrogen and oxygen atoms in total. The molecular weight excluding hydrogens is 286 g/mol. The van der Waals surface area contributed by atoms with Crippen LogP contribution in [0.5, 0.6) is 0 Å². The minimum absolute atomic E-state index is 0.181. The number of hydrogen-bond acceptors (Lipinski definition) is 2. The zero-order valence-corrected chi connectivity index (χ0v) is 12.0. The van der Waals surface area contributed by atoms with Crippen LogP contribution in [0.3, 0.4) is 0 Å². The van der Waals surface area contributed by atoms with Crippen LogP contribution >= 0.6 is 27.3 Å². The Morgan fingerprint density at radius 3 is 2.94 bits per heavy atom. The van der Waals surface area contributed by atoms with Gasteiger partial charge in [-0.05, 0) is 53.1 Å². The number of likely N-dealkylation sites (tertiary alicyclic amines) is 1. The third-order valence-corrected chi connectivity index (χ3v) is 5.27. The predicted molar refractivity (Wildman–Crippen MR) is 70.9 cm³/mol. The smallest absolute Gasteiger partial charge is 0.265 e. The summed E-state index contributed by atoms with van der Waals surface area (Å²) in [5.74, 6) is 0.789. The summed E-state index contributed by atoms with van der Waals surface area (Å²) < 4.78 is 0.924. The number of amides is 1. The summed E-state index contributed by atoms with van der Waals surface area (Å²) in [4.78, 5) is 15.2. The van der Waals surface area contributed by atoms with Gasteiger partial charge in [-0.3, -0.25) is 4.79 Å². The molecular formula is C12H16BrNOS. The molecule has 0 bridgehead atoms. The minimum Gasteiger partial charge on any atom is -0.335 e. The predicted octanol–water partition coefficient (Wildman–Crippen LogP) is 3.77. The Balaban J connectivity index is 2.18. The molecule has 1 fully saturated rings. The van der Waals surface area contributed by atoms with Gasteiger partial charge in [0.05, 0.1) is 0 Å².